The minimum Gasteiger partial charge on any atom is -0.494 e. The van der Waals surface area contributed by atoms with E-state index in [-0.39, 0.29) is 48.3 Å². The van der Waals surface area contributed by atoms with Crippen LogP contribution in [0.5, 0.6) is 5.75 Å². The maximum Gasteiger partial charge on any atom is 0.324 e. The highest BCUT2D eigenvalue weighted by molar-refractivity contribution is 7.23. The number of anilines is 3. The predicted molar refractivity (Wildman–Crippen MR) is 239 cm³/mol. The zero-order valence-electron chi connectivity index (χ0n) is 35.4. The molecular formula is C45H47N9O9S. The van der Waals surface area contributed by atoms with Crippen molar-refractivity contribution >= 4 is 79.3 Å². The lowest BCUT2D eigenvalue weighted by Crippen LogP contribution is -2.54. The summed E-state index contributed by atoms with van der Waals surface area (Å²) in [5, 5.41) is 17.6. The molecule has 3 aromatic carbocycles. The first-order valence-electron chi connectivity index (χ1n) is 20.9. The van der Waals surface area contributed by atoms with Crippen molar-refractivity contribution < 1.29 is 42.8 Å². The first-order valence-corrected chi connectivity index (χ1v) is 21.8. The Morgan fingerprint density at radius 3 is 2.45 bits per heavy atom. The van der Waals surface area contributed by atoms with E-state index in [1.165, 1.54) is 6.07 Å². The summed E-state index contributed by atoms with van der Waals surface area (Å²) in [4.78, 5) is 81.2. The van der Waals surface area contributed by atoms with Gasteiger partial charge in [-0.1, -0.05) is 49.4 Å². The minimum absolute atomic E-state index is 0.0524. The molecule has 19 heteroatoms. The fraction of sp³-hybridized carbons (Fsp3) is 0.333. The quantitative estimate of drug-likeness (QED) is 0.0500. The smallest absolute Gasteiger partial charge is 0.324 e. The Labute approximate surface area is 371 Å². The van der Waals surface area contributed by atoms with Gasteiger partial charge in [0, 0.05) is 67.2 Å². The van der Waals surface area contributed by atoms with Gasteiger partial charge in [-0.25, -0.2) is 9.78 Å². The van der Waals surface area contributed by atoms with Gasteiger partial charge in [-0.3, -0.25) is 43.9 Å². The van der Waals surface area contributed by atoms with Crippen LogP contribution in [0.2, 0.25) is 0 Å². The molecule has 5 N–H and O–H groups in total. The number of benzene rings is 3. The number of thiazole rings is 1. The molecule has 1 fully saturated rings. The number of aromatic nitrogens is 3. The SMILES string of the molecule is CC(C)(C)c1cc(NC(=O)Nc2ccc(-c3cn4c(n3)sc3cc(OCCCCOCCC(=O)NCCNc5ccc6c(c5)C(=O)N(C5CCC(=O)NC5=O)C6=O)ccc34)cc2)no1. The molecule has 0 aliphatic carbocycles. The molecule has 3 aromatic heterocycles. The number of carbonyl (C=O) groups is 6. The van der Waals surface area contributed by atoms with Crippen molar-refractivity contribution in [2.45, 2.75) is 64.3 Å². The third kappa shape index (κ3) is 9.90. The zero-order chi connectivity index (χ0) is 45.0. The lowest BCUT2D eigenvalue weighted by Gasteiger charge is -2.27. The molecule has 2 aliphatic heterocycles. The highest BCUT2D eigenvalue weighted by Gasteiger charge is 2.44. The molecular weight excluding hydrogens is 843 g/mol. The molecule has 1 unspecified atom stereocenters. The average molecular weight is 890 g/mol. The van der Waals surface area contributed by atoms with Crippen LogP contribution in [0.4, 0.5) is 22.0 Å². The second kappa shape index (κ2) is 18.7. The topological polar surface area (TPSA) is 228 Å². The number of piperidine rings is 1. The number of rotatable bonds is 17. The van der Waals surface area contributed by atoms with E-state index >= 15 is 0 Å². The second-order valence-corrected chi connectivity index (χ2v) is 17.4. The Morgan fingerprint density at radius 2 is 1.67 bits per heavy atom. The third-order valence-electron chi connectivity index (χ3n) is 10.6. The van der Waals surface area contributed by atoms with Crippen LogP contribution in [-0.4, -0.2) is 94.0 Å². The van der Waals surface area contributed by atoms with Gasteiger partial charge >= 0.3 is 6.03 Å². The molecule has 5 heterocycles. The van der Waals surface area contributed by atoms with Crippen molar-refractivity contribution in [3.05, 3.63) is 89.8 Å². The Morgan fingerprint density at radius 1 is 0.891 bits per heavy atom. The van der Waals surface area contributed by atoms with Gasteiger partial charge in [0.25, 0.3) is 11.8 Å². The summed E-state index contributed by atoms with van der Waals surface area (Å²) in [5.74, 6) is -0.597. The van der Waals surface area contributed by atoms with Crippen molar-refractivity contribution in [1.29, 1.82) is 0 Å². The van der Waals surface area contributed by atoms with E-state index < -0.39 is 35.7 Å². The van der Waals surface area contributed by atoms with Crippen molar-refractivity contribution in [2.75, 3.05) is 48.9 Å². The first-order chi connectivity index (χ1) is 30.8. The Bertz CT molecular complexity index is 2750. The number of ether oxygens (including phenoxy) is 2. The number of imide groups is 2. The number of nitrogens with one attached hydrogen (secondary N) is 5. The van der Waals surface area contributed by atoms with E-state index in [9.17, 15) is 28.8 Å². The molecule has 2 aliphatic rings. The molecule has 6 aromatic rings. The van der Waals surface area contributed by atoms with Crippen molar-refractivity contribution in [3.8, 4) is 17.0 Å². The third-order valence-corrected chi connectivity index (χ3v) is 11.7. The van der Waals surface area contributed by atoms with Gasteiger partial charge < -0.3 is 29.9 Å². The van der Waals surface area contributed by atoms with E-state index in [0.717, 1.165) is 49.9 Å². The molecule has 18 nitrogen and oxygen atoms in total. The molecule has 0 radical (unpaired) electrons. The molecule has 0 saturated carbocycles. The first kappa shape index (κ1) is 43.5. The Balaban J connectivity index is 0.696. The summed E-state index contributed by atoms with van der Waals surface area (Å²) < 4.78 is 20.1. The van der Waals surface area contributed by atoms with Crippen LogP contribution in [0, 0.1) is 0 Å². The maximum absolute atomic E-state index is 13.0. The van der Waals surface area contributed by atoms with Crippen LogP contribution in [0.25, 0.3) is 26.4 Å². The molecule has 1 saturated heterocycles. The molecule has 7 amide bonds. The number of hydrogen-bond acceptors (Lipinski definition) is 13. The van der Waals surface area contributed by atoms with E-state index in [0.29, 0.717) is 49.3 Å². The zero-order valence-corrected chi connectivity index (χ0v) is 36.3. The lowest BCUT2D eigenvalue weighted by atomic mass is 9.93. The van der Waals surface area contributed by atoms with E-state index in [2.05, 4.69) is 36.1 Å². The van der Waals surface area contributed by atoms with Crippen molar-refractivity contribution in [2.24, 2.45) is 0 Å². The second-order valence-electron chi connectivity index (χ2n) is 16.4. The Kier molecular flexibility index (Phi) is 12.7. The molecule has 332 valence electrons. The van der Waals surface area contributed by atoms with Gasteiger partial charge in [-0.15, -0.1) is 0 Å². The summed E-state index contributed by atoms with van der Waals surface area (Å²) in [6.45, 7) is 8.02. The molecule has 1 atom stereocenters. The number of imidazole rings is 1. The van der Waals surface area contributed by atoms with Gasteiger partial charge in [0.2, 0.25) is 17.7 Å². The normalized spacial score (nSPS) is 15.1. The summed E-state index contributed by atoms with van der Waals surface area (Å²) >= 11 is 1.57. The van der Waals surface area contributed by atoms with Gasteiger partial charge in [-0.05, 0) is 67.8 Å². The molecule has 64 heavy (non-hydrogen) atoms. The fourth-order valence-electron chi connectivity index (χ4n) is 7.24. The highest BCUT2D eigenvalue weighted by atomic mass is 32.1. The summed E-state index contributed by atoms with van der Waals surface area (Å²) in [5.41, 5.74) is 4.12. The van der Waals surface area contributed by atoms with Crippen LogP contribution in [0.15, 0.2) is 77.4 Å². The van der Waals surface area contributed by atoms with Gasteiger partial charge in [0.05, 0.1) is 40.3 Å². The van der Waals surface area contributed by atoms with Crippen LogP contribution >= 0.6 is 11.3 Å². The summed E-state index contributed by atoms with van der Waals surface area (Å²) in [7, 11) is 0. The van der Waals surface area contributed by atoms with Crippen LogP contribution < -0.4 is 31.3 Å². The molecule has 0 bridgehead atoms. The standard InChI is InChI=1S/C45H47N9O9S/c1-45(2,3)36-24-37(52-63-36)50-43(60)48-27-8-6-26(7-9-27)32-25-53-33-13-11-29(23-35(33)64-44(53)49-32)62-20-5-4-19-61-21-16-38(55)47-18-17-46-28-10-12-30-31(22-28)42(59)54(41(30)58)34-14-15-39(56)51-40(34)57/h6-13,22-25,34,46H,4-5,14-21H2,1-3H3,(H,47,55)(H,51,56,57)(H2,48,50,52,60). The van der Waals surface area contributed by atoms with Gasteiger partial charge in [0.15, 0.2) is 10.8 Å². The summed E-state index contributed by atoms with van der Waals surface area (Å²) in [6.07, 6.45) is 3.90. The van der Waals surface area contributed by atoms with Crippen LogP contribution in [0.3, 0.4) is 0 Å². The van der Waals surface area contributed by atoms with Crippen molar-refractivity contribution in [3.63, 3.8) is 0 Å². The van der Waals surface area contributed by atoms with Crippen LogP contribution in [0.1, 0.15) is 79.4 Å². The molecule has 8 rings (SSSR count). The fourth-order valence-corrected chi connectivity index (χ4v) is 8.28. The number of unbranched alkanes of at least 4 members (excludes halogenated alkanes) is 1. The number of nitrogens with zero attached hydrogens (tertiary/aromatic N) is 4. The maximum atomic E-state index is 13.0. The number of urea groups is 1. The summed E-state index contributed by atoms with van der Waals surface area (Å²) in [6, 6.07) is 18.5. The average Bonchev–Trinajstić information content (AvgIpc) is 4.04. The minimum atomic E-state index is -1.02. The predicted octanol–water partition coefficient (Wildman–Crippen LogP) is 6.34. The van der Waals surface area contributed by atoms with E-state index in [1.54, 1.807) is 29.5 Å². The lowest BCUT2D eigenvalue weighted by molar-refractivity contribution is -0.136. The number of carbonyl (C=O) groups excluding carboxylic acids is 6. The largest absolute Gasteiger partial charge is 0.494 e. The number of fused-ring (bicyclic) bond motifs is 4. The van der Waals surface area contributed by atoms with Gasteiger partial charge in [0.1, 0.15) is 17.6 Å². The van der Waals surface area contributed by atoms with Crippen molar-refractivity contribution in [1.82, 2.24) is 30.1 Å². The number of hydrogen-bond donors (Lipinski definition) is 5. The van der Waals surface area contributed by atoms with Gasteiger partial charge in [-0.2, -0.15) is 0 Å². The van der Waals surface area contributed by atoms with Crippen LogP contribution in [-0.2, 0) is 24.5 Å². The highest BCUT2D eigenvalue weighted by Crippen LogP contribution is 2.33. The van der Waals surface area contributed by atoms with E-state index in [4.69, 9.17) is 19.0 Å². The van der Waals surface area contributed by atoms with E-state index in [1.807, 2.05) is 69.4 Å². The molecule has 0 spiro atoms. The Hall–Kier alpha value is -7.12. The number of amides is 7. The monoisotopic (exact) mass is 889 g/mol.